The normalized spacial score (nSPS) is 23.1. The second kappa shape index (κ2) is 31.1. The number of benzene rings is 2. The van der Waals surface area contributed by atoms with E-state index in [1.807, 2.05) is 90.1 Å². The number of hydrogen-bond acceptors (Lipinski definition) is 10. The van der Waals surface area contributed by atoms with E-state index in [9.17, 15) is 38.4 Å². The molecule has 3 aliphatic heterocycles. The van der Waals surface area contributed by atoms with Crippen LogP contribution in [0.3, 0.4) is 0 Å². The van der Waals surface area contributed by atoms with Crippen molar-refractivity contribution in [2.45, 2.75) is 196 Å². The summed E-state index contributed by atoms with van der Waals surface area (Å²) in [5.41, 5.74) is 10.0. The highest BCUT2D eigenvalue weighted by molar-refractivity contribution is 5.92. The Morgan fingerprint density at radius 2 is 1.54 bits per heavy atom. The number of Topliss-reactive ketones (excluding diaryl/α,β-unsaturated/α-hetero) is 2. The zero-order valence-electron chi connectivity index (χ0n) is 50.2. The Balaban J connectivity index is 0.000000345. The molecule has 16 nitrogen and oxygen atoms in total. The van der Waals surface area contributed by atoms with Crippen molar-refractivity contribution < 1.29 is 38.4 Å². The predicted octanol–water partition coefficient (Wildman–Crippen LogP) is 9.44. The van der Waals surface area contributed by atoms with Crippen LogP contribution in [0.5, 0.6) is 0 Å². The van der Waals surface area contributed by atoms with E-state index < -0.39 is 36.0 Å². The lowest BCUT2D eigenvalue weighted by molar-refractivity contribution is -0.144. The number of ketones is 2. The molecule has 16 heteroatoms. The molecule has 4 bridgehead atoms. The van der Waals surface area contributed by atoms with Crippen LogP contribution in [0.25, 0.3) is 12.2 Å². The molecular weight excluding hydrogens is 1010 g/mol. The van der Waals surface area contributed by atoms with Crippen LogP contribution in [0.2, 0.25) is 0 Å². The van der Waals surface area contributed by atoms with Gasteiger partial charge >= 0.3 is 0 Å². The Bertz CT molecular complexity index is 2520. The van der Waals surface area contributed by atoms with Crippen LogP contribution in [-0.4, -0.2) is 94.3 Å². The van der Waals surface area contributed by atoms with Gasteiger partial charge in [-0.3, -0.25) is 48.4 Å². The zero-order valence-corrected chi connectivity index (χ0v) is 50.2. The smallest absolute Gasteiger partial charge is 0.258 e. The third kappa shape index (κ3) is 21.0. The van der Waals surface area contributed by atoms with E-state index in [2.05, 4.69) is 91.2 Å². The molecule has 8 atom stereocenters. The van der Waals surface area contributed by atoms with Gasteiger partial charge in [-0.2, -0.15) is 0 Å². The van der Waals surface area contributed by atoms with E-state index >= 15 is 0 Å². The highest BCUT2D eigenvalue weighted by Crippen LogP contribution is 2.31. The van der Waals surface area contributed by atoms with E-state index in [1.54, 1.807) is 19.9 Å². The van der Waals surface area contributed by atoms with Crippen molar-refractivity contribution in [3.8, 4) is 0 Å². The molecule has 3 aliphatic rings. The monoisotopic (exact) mass is 1100 g/mol. The maximum absolute atomic E-state index is 13.2. The van der Waals surface area contributed by atoms with Gasteiger partial charge in [0.2, 0.25) is 23.6 Å². The number of carbonyl (C=O) groups is 8. The third-order valence-electron chi connectivity index (χ3n) is 15.8. The maximum atomic E-state index is 13.2. The summed E-state index contributed by atoms with van der Waals surface area (Å²) in [7, 11) is 0. The van der Waals surface area contributed by atoms with Gasteiger partial charge < -0.3 is 21.3 Å². The van der Waals surface area contributed by atoms with Crippen LogP contribution < -0.4 is 32.1 Å². The van der Waals surface area contributed by atoms with Crippen molar-refractivity contribution in [2.24, 2.45) is 34.5 Å². The van der Waals surface area contributed by atoms with Crippen LogP contribution in [0.15, 0.2) is 73.8 Å². The van der Waals surface area contributed by atoms with Gasteiger partial charge in [-0.25, -0.2) is 10.9 Å². The number of allylic oxidation sites excluding steroid dienone is 2. The molecule has 2 aromatic carbocycles. The molecule has 3 heterocycles. The fraction of sp³-hybridized carbons (Fsp3) is 0.594. The fourth-order valence-corrected chi connectivity index (χ4v) is 10.2. The first-order valence-electron chi connectivity index (χ1n) is 29.1. The summed E-state index contributed by atoms with van der Waals surface area (Å²) in [6.07, 6.45) is 14.6. The van der Waals surface area contributed by atoms with Gasteiger partial charge in [-0.1, -0.05) is 123 Å². The Kier molecular flexibility index (Phi) is 25.7. The first-order valence-corrected chi connectivity index (χ1v) is 29.1. The van der Waals surface area contributed by atoms with E-state index in [1.165, 1.54) is 10.0 Å². The summed E-state index contributed by atoms with van der Waals surface area (Å²) in [5.74, 6) is -2.58. The summed E-state index contributed by atoms with van der Waals surface area (Å²) < 4.78 is 0. The summed E-state index contributed by atoms with van der Waals surface area (Å²) >= 11 is 0. The lowest BCUT2D eigenvalue weighted by atomic mass is 9.81. The molecule has 2 fully saturated rings. The largest absolute Gasteiger partial charge is 0.348 e. The molecule has 0 saturated carbocycles. The van der Waals surface area contributed by atoms with Gasteiger partial charge in [0.05, 0.1) is 12.1 Å². The molecule has 0 spiro atoms. The number of fused-ring (bicyclic) bond motifs is 4. The molecular formula is C64H96N8O8. The Hall–Kier alpha value is -6.26. The highest BCUT2D eigenvalue weighted by atomic mass is 16.2. The molecule has 0 radical (unpaired) electrons. The SMILES string of the molecule is C=CCC(C)(C)CCC(=O)C[C@H](C(=O)N[C@@H](C)C(=O)N1CCC[C@@H](C(=O)N[C@H](C)c2cccc(C=C)c2)N1)C(C)C.CC(C)[C@@H]1CC(=O)CCC(C)(C)C/C=C/c2cccc(c2)[C@@H](C)NC(=O)[C@@H]2CCCN(N2)C(=O)[C@H](C)NC1=O. The number of nitrogens with zero attached hydrogens (tertiary/aromatic N) is 2. The number of nitrogens with one attached hydrogen (secondary N) is 6. The highest BCUT2D eigenvalue weighted by Gasteiger charge is 2.36. The Morgan fingerprint density at radius 3 is 2.21 bits per heavy atom. The van der Waals surface area contributed by atoms with E-state index in [0.29, 0.717) is 51.6 Å². The van der Waals surface area contributed by atoms with Crippen molar-refractivity contribution in [1.82, 2.24) is 42.1 Å². The molecule has 5 rings (SSSR count). The van der Waals surface area contributed by atoms with Crippen molar-refractivity contribution in [1.29, 1.82) is 0 Å². The minimum absolute atomic E-state index is 0.0151. The lowest BCUT2D eigenvalue weighted by Crippen LogP contribution is -2.61. The summed E-state index contributed by atoms with van der Waals surface area (Å²) in [4.78, 5) is 105. The van der Waals surface area contributed by atoms with Crippen LogP contribution in [-0.2, 0) is 38.4 Å². The van der Waals surface area contributed by atoms with Gasteiger partial charge in [-0.05, 0) is 136 Å². The zero-order chi connectivity index (χ0) is 59.5. The lowest BCUT2D eigenvalue weighted by Gasteiger charge is -2.35. The second-order valence-corrected chi connectivity index (χ2v) is 24.7. The molecule has 80 heavy (non-hydrogen) atoms. The number of carbonyl (C=O) groups excluding carboxylic acids is 8. The molecule has 0 unspecified atom stereocenters. The van der Waals surface area contributed by atoms with Gasteiger partial charge in [0.25, 0.3) is 11.8 Å². The maximum Gasteiger partial charge on any atom is 0.258 e. The molecule has 0 aliphatic carbocycles. The molecule has 6 N–H and O–H groups in total. The molecule has 6 amide bonds. The standard InChI is InChI=1S/C33H50N4O4.C31H46N4O4/c1-9-17-33(7,8)18-16-27(38)21-28(22(3)4)30(39)35-24(6)32(41)37-19-12-15-29(36-37)31(40)34-23(5)26-14-11-13-25(10-2)20-26;1-20(2)26-19-25(36)14-16-31(5,6)15-8-11-23-10-7-12-24(18-23)21(3)32-29(38)27-13-9-17-35(34-27)30(39)22(4)33-28(26)37/h9-11,13-14,20,22-24,28-29,36H,1-2,12,15-19,21H2,3-8H3,(H,34,40)(H,35,39);7-8,10-12,18,20-22,26-27,34H,9,13-17,19H2,1-6H3,(H,32,38)(H,33,37)/b;11-8+/t23-,24+,28+,29+;21-,22+,26+,27+/m11/s1. The van der Waals surface area contributed by atoms with Crippen LogP contribution in [0.4, 0.5) is 0 Å². The quantitative estimate of drug-likeness (QED) is 0.0876. The summed E-state index contributed by atoms with van der Waals surface area (Å²) in [6, 6.07) is 12.8. The number of hydrazine groups is 2. The predicted molar refractivity (Wildman–Crippen MR) is 317 cm³/mol. The van der Waals surface area contributed by atoms with Gasteiger partial charge in [-0.15, -0.1) is 6.58 Å². The van der Waals surface area contributed by atoms with Gasteiger partial charge in [0, 0.05) is 50.6 Å². The summed E-state index contributed by atoms with van der Waals surface area (Å²) in [5, 5.41) is 14.6. The molecule has 2 saturated heterocycles. The summed E-state index contributed by atoms with van der Waals surface area (Å²) in [6.45, 7) is 31.8. The average molecular weight is 1110 g/mol. The van der Waals surface area contributed by atoms with Gasteiger partial charge in [0.15, 0.2) is 0 Å². The minimum Gasteiger partial charge on any atom is -0.348 e. The van der Waals surface area contributed by atoms with Crippen LogP contribution >= 0.6 is 0 Å². The second-order valence-electron chi connectivity index (χ2n) is 24.7. The number of hydrogen-bond donors (Lipinski definition) is 6. The topological polar surface area (TPSA) is 215 Å². The fourth-order valence-electron chi connectivity index (χ4n) is 10.2. The third-order valence-corrected chi connectivity index (χ3v) is 15.8. The van der Waals surface area contributed by atoms with E-state index in [0.717, 1.165) is 47.9 Å². The number of amides is 6. The average Bonchev–Trinajstić information content (AvgIpc) is 3.42. The Labute approximate surface area is 477 Å². The van der Waals surface area contributed by atoms with Crippen molar-refractivity contribution in [3.05, 3.63) is 96.1 Å². The minimum atomic E-state index is -0.805. The van der Waals surface area contributed by atoms with Gasteiger partial charge in [0.1, 0.15) is 35.7 Å². The Morgan fingerprint density at radius 1 is 0.850 bits per heavy atom. The van der Waals surface area contributed by atoms with Crippen molar-refractivity contribution in [3.63, 3.8) is 0 Å². The first kappa shape index (κ1) is 66.3. The first-order chi connectivity index (χ1) is 37.6. The van der Waals surface area contributed by atoms with E-state index in [-0.39, 0.29) is 94.6 Å². The number of rotatable bonds is 16. The van der Waals surface area contributed by atoms with Crippen molar-refractivity contribution >= 4 is 59.2 Å². The van der Waals surface area contributed by atoms with Crippen LogP contribution in [0.1, 0.15) is 194 Å². The molecule has 440 valence electrons. The molecule has 2 aromatic rings. The van der Waals surface area contributed by atoms with Crippen LogP contribution in [0, 0.1) is 34.5 Å². The van der Waals surface area contributed by atoms with E-state index in [4.69, 9.17) is 0 Å². The molecule has 0 aromatic heterocycles. The van der Waals surface area contributed by atoms with Crippen molar-refractivity contribution in [2.75, 3.05) is 13.1 Å².